The van der Waals surface area contributed by atoms with Crippen LogP contribution in [0.2, 0.25) is 0 Å². The molecule has 0 aliphatic heterocycles. The molecular weight excluding hydrogens is 290 g/mol. The molecule has 0 saturated heterocycles. The number of para-hydroxylation sites is 1. The van der Waals surface area contributed by atoms with Gasteiger partial charge >= 0.3 is 5.69 Å². The van der Waals surface area contributed by atoms with Crippen LogP contribution in [-0.4, -0.2) is 26.9 Å². The summed E-state index contributed by atoms with van der Waals surface area (Å²) in [4.78, 5) is 21.9. The third kappa shape index (κ3) is 2.52. The summed E-state index contributed by atoms with van der Waals surface area (Å²) in [6, 6.07) is 9.73. The molecule has 106 valence electrons. The number of nitrogens with one attached hydrogen (secondary N) is 2. The van der Waals surface area contributed by atoms with Crippen LogP contribution in [0, 0.1) is 10.1 Å². The molecule has 0 spiro atoms. The van der Waals surface area contributed by atoms with Gasteiger partial charge in [-0.25, -0.2) is 9.97 Å². The van der Waals surface area contributed by atoms with Gasteiger partial charge in [0.1, 0.15) is 6.33 Å². The fourth-order valence-corrected chi connectivity index (χ4v) is 2.91. The van der Waals surface area contributed by atoms with Crippen molar-refractivity contribution in [2.75, 3.05) is 12.4 Å². The zero-order chi connectivity index (χ0) is 14.8. The number of anilines is 1. The molecule has 0 fully saturated rings. The Labute approximate surface area is 124 Å². The minimum absolute atomic E-state index is 0.122. The van der Waals surface area contributed by atoms with Gasteiger partial charge < -0.3 is 10.3 Å². The third-order valence-electron chi connectivity index (χ3n) is 2.92. The maximum Gasteiger partial charge on any atom is 0.343 e. The van der Waals surface area contributed by atoms with Gasteiger partial charge in [-0.3, -0.25) is 10.1 Å². The molecule has 0 radical (unpaired) electrons. The Hall–Kier alpha value is -2.61. The van der Waals surface area contributed by atoms with E-state index >= 15 is 0 Å². The van der Waals surface area contributed by atoms with Crippen LogP contribution in [0.3, 0.4) is 0 Å². The third-order valence-corrected chi connectivity index (χ3v) is 3.85. The highest BCUT2D eigenvalue weighted by atomic mass is 32.2. The van der Waals surface area contributed by atoms with E-state index in [0.717, 1.165) is 15.9 Å². The first kappa shape index (κ1) is 13.4. The van der Waals surface area contributed by atoms with E-state index in [0.29, 0.717) is 5.03 Å². The molecular formula is C13H11N5O2S. The summed E-state index contributed by atoms with van der Waals surface area (Å²) >= 11 is 1.21. The van der Waals surface area contributed by atoms with E-state index in [9.17, 15) is 10.1 Å². The average molecular weight is 301 g/mol. The zero-order valence-corrected chi connectivity index (χ0v) is 11.8. The van der Waals surface area contributed by atoms with Crippen molar-refractivity contribution in [2.24, 2.45) is 0 Å². The molecule has 0 unspecified atom stereocenters. The average Bonchev–Trinajstić information content (AvgIpc) is 2.88. The smallest absolute Gasteiger partial charge is 0.343 e. The minimum atomic E-state index is -0.475. The molecule has 3 rings (SSSR count). The van der Waals surface area contributed by atoms with E-state index < -0.39 is 4.92 Å². The number of H-pyrrole nitrogens is 1. The summed E-state index contributed by atoms with van der Waals surface area (Å²) in [5.41, 5.74) is 0.856. The summed E-state index contributed by atoms with van der Waals surface area (Å²) in [6.07, 6.45) is 1.31. The molecule has 0 saturated carbocycles. The van der Waals surface area contributed by atoms with Crippen molar-refractivity contribution in [2.45, 2.75) is 10.1 Å². The van der Waals surface area contributed by atoms with Crippen molar-refractivity contribution in [1.29, 1.82) is 0 Å². The van der Waals surface area contributed by atoms with E-state index in [1.54, 1.807) is 7.05 Å². The molecule has 0 atom stereocenters. The largest absolute Gasteiger partial charge is 0.367 e. The summed E-state index contributed by atoms with van der Waals surface area (Å²) in [5.74, 6) is 0.202. The highest BCUT2D eigenvalue weighted by Gasteiger charge is 2.23. The number of nitro groups is 1. The second-order valence-electron chi connectivity index (χ2n) is 4.21. The van der Waals surface area contributed by atoms with Gasteiger partial charge in [0, 0.05) is 18.0 Å². The normalized spacial score (nSPS) is 10.7. The van der Waals surface area contributed by atoms with E-state index in [4.69, 9.17) is 0 Å². The first-order chi connectivity index (χ1) is 10.2. The molecule has 0 aliphatic rings. The standard InChI is InChI=1S/C13H11N5O2S/c1-14-12-11(18(19)20)13(16-7-15-12)21-10-6-8-4-2-3-5-9(8)17-10/h2-7,17H,1H3,(H,14,15,16). The molecule has 0 amide bonds. The second kappa shape index (κ2) is 5.41. The maximum absolute atomic E-state index is 11.2. The van der Waals surface area contributed by atoms with Gasteiger partial charge in [-0.2, -0.15) is 0 Å². The summed E-state index contributed by atoms with van der Waals surface area (Å²) in [7, 11) is 1.59. The first-order valence-corrected chi connectivity index (χ1v) is 6.93. The van der Waals surface area contributed by atoms with Crippen LogP contribution >= 0.6 is 11.8 Å². The highest BCUT2D eigenvalue weighted by Crippen LogP contribution is 2.36. The first-order valence-electron chi connectivity index (χ1n) is 6.12. The number of hydrogen-bond donors (Lipinski definition) is 2. The fourth-order valence-electron chi connectivity index (χ4n) is 1.99. The van der Waals surface area contributed by atoms with Gasteiger partial charge in [0.2, 0.25) is 5.82 Å². The Morgan fingerprint density at radius 1 is 1.33 bits per heavy atom. The number of aromatic amines is 1. The second-order valence-corrected chi connectivity index (χ2v) is 5.24. The predicted molar refractivity (Wildman–Crippen MR) is 80.7 cm³/mol. The van der Waals surface area contributed by atoms with Crippen molar-refractivity contribution in [1.82, 2.24) is 15.0 Å². The zero-order valence-electron chi connectivity index (χ0n) is 11.0. The van der Waals surface area contributed by atoms with Crippen LogP contribution in [0.1, 0.15) is 0 Å². The lowest BCUT2D eigenvalue weighted by Crippen LogP contribution is -2.02. The lowest BCUT2D eigenvalue weighted by molar-refractivity contribution is -0.387. The molecule has 0 aliphatic carbocycles. The Kier molecular flexibility index (Phi) is 3.44. The number of nitrogens with zero attached hydrogens (tertiary/aromatic N) is 3. The topological polar surface area (TPSA) is 96.7 Å². The number of hydrogen-bond acceptors (Lipinski definition) is 6. The molecule has 3 aromatic rings. The van der Waals surface area contributed by atoms with Crippen LogP contribution < -0.4 is 5.32 Å². The van der Waals surface area contributed by atoms with Gasteiger partial charge in [-0.05, 0) is 23.9 Å². The summed E-state index contributed by atoms with van der Waals surface area (Å²) in [6.45, 7) is 0. The quantitative estimate of drug-likeness (QED) is 0.437. The number of aromatic nitrogens is 3. The van der Waals surface area contributed by atoms with Gasteiger partial charge in [-0.1, -0.05) is 18.2 Å². The van der Waals surface area contributed by atoms with Crippen LogP contribution in [0.4, 0.5) is 11.5 Å². The number of rotatable bonds is 4. The van der Waals surface area contributed by atoms with Crippen LogP contribution in [0.15, 0.2) is 46.7 Å². The molecule has 21 heavy (non-hydrogen) atoms. The fraction of sp³-hybridized carbons (Fsp3) is 0.0769. The summed E-state index contributed by atoms with van der Waals surface area (Å²) < 4.78 is 0. The number of fused-ring (bicyclic) bond motifs is 1. The number of benzene rings is 1. The molecule has 2 heterocycles. The Morgan fingerprint density at radius 2 is 2.14 bits per heavy atom. The Balaban J connectivity index is 2.03. The van der Waals surface area contributed by atoms with Crippen molar-refractivity contribution in [3.05, 3.63) is 46.8 Å². The van der Waals surface area contributed by atoms with E-state index in [1.807, 2.05) is 30.3 Å². The Bertz CT molecular complexity index is 784. The van der Waals surface area contributed by atoms with Crippen LogP contribution in [0.25, 0.3) is 10.9 Å². The maximum atomic E-state index is 11.2. The van der Waals surface area contributed by atoms with Crippen molar-refractivity contribution in [3.63, 3.8) is 0 Å². The SMILES string of the molecule is CNc1ncnc(Sc2cc3ccccc3[nH]2)c1[N+](=O)[O-]. The molecule has 2 N–H and O–H groups in total. The summed E-state index contributed by atoms with van der Waals surface area (Å²) in [5, 5.41) is 16.1. The van der Waals surface area contributed by atoms with Crippen LogP contribution in [0.5, 0.6) is 0 Å². The lowest BCUT2D eigenvalue weighted by Gasteiger charge is -2.04. The Morgan fingerprint density at radius 3 is 2.86 bits per heavy atom. The predicted octanol–water partition coefficient (Wildman–Crippen LogP) is 3.06. The van der Waals surface area contributed by atoms with E-state index in [-0.39, 0.29) is 11.5 Å². The van der Waals surface area contributed by atoms with Gasteiger partial charge in [-0.15, -0.1) is 0 Å². The monoisotopic (exact) mass is 301 g/mol. The lowest BCUT2D eigenvalue weighted by atomic mass is 10.3. The molecule has 1 aromatic carbocycles. The van der Waals surface area contributed by atoms with Crippen molar-refractivity contribution >= 4 is 34.2 Å². The molecule has 7 nitrogen and oxygen atoms in total. The molecule has 2 aromatic heterocycles. The van der Waals surface area contributed by atoms with Crippen molar-refractivity contribution < 1.29 is 4.92 Å². The highest BCUT2D eigenvalue weighted by molar-refractivity contribution is 7.99. The van der Waals surface area contributed by atoms with Crippen molar-refractivity contribution in [3.8, 4) is 0 Å². The van der Waals surface area contributed by atoms with E-state index in [2.05, 4.69) is 20.3 Å². The van der Waals surface area contributed by atoms with Gasteiger partial charge in [0.15, 0.2) is 5.03 Å². The minimum Gasteiger partial charge on any atom is -0.367 e. The van der Waals surface area contributed by atoms with E-state index in [1.165, 1.54) is 18.1 Å². The molecule has 8 heteroatoms. The van der Waals surface area contributed by atoms with Crippen LogP contribution in [-0.2, 0) is 0 Å². The van der Waals surface area contributed by atoms with Gasteiger partial charge in [0.05, 0.1) is 9.95 Å². The molecule has 0 bridgehead atoms. The van der Waals surface area contributed by atoms with Gasteiger partial charge in [0.25, 0.3) is 0 Å².